The fourth-order valence-corrected chi connectivity index (χ4v) is 2.00. The molecule has 2 unspecified atom stereocenters. The van der Waals surface area contributed by atoms with E-state index in [4.69, 9.17) is 20.4 Å². The van der Waals surface area contributed by atoms with Crippen molar-refractivity contribution >= 4 is 5.84 Å². The molecule has 5 heteroatoms. The summed E-state index contributed by atoms with van der Waals surface area (Å²) in [5.74, 6) is 0.772. The van der Waals surface area contributed by atoms with Crippen LogP contribution in [0, 0.1) is 0 Å². The fourth-order valence-electron chi connectivity index (χ4n) is 2.00. The van der Waals surface area contributed by atoms with Crippen molar-refractivity contribution in [2.24, 2.45) is 10.9 Å². The summed E-state index contributed by atoms with van der Waals surface area (Å²) in [6.45, 7) is 2.60. The van der Waals surface area contributed by atoms with Crippen LogP contribution in [0.5, 0.6) is 5.75 Å². The van der Waals surface area contributed by atoms with Gasteiger partial charge in [-0.15, -0.1) is 0 Å². The zero-order valence-corrected chi connectivity index (χ0v) is 10.4. The second-order valence-electron chi connectivity index (χ2n) is 4.47. The normalized spacial score (nSPS) is 24.2. The minimum Gasteiger partial charge on any atom is -0.491 e. The molecule has 0 aliphatic carbocycles. The van der Waals surface area contributed by atoms with E-state index in [1.54, 1.807) is 18.2 Å². The highest BCUT2D eigenvalue weighted by atomic mass is 16.5. The Kier molecular flexibility index (Phi) is 4.04. The number of hydrogen-bond acceptors (Lipinski definition) is 4. The standard InChI is InChI=1S/C13H18N2O3/c1-9-5-6-12(18-9)8-17-11-4-2-3-10(7-11)13(14)15-16/h2-4,7,9,12,16H,5-6,8H2,1H3,(H2,14,15). The first-order chi connectivity index (χ1) is 8.69. The predicted octanol–water partition coefficient (Wildman–Crippen LogP) is 1.73. The molecular weight excluding hydrogens is 232 g/mol. The smallest absolute Gasteiger partial charge is 0.170 e. The molecule has 18 heavy (non-hydrogen) atoms. The second-order valence-corrected chi connectivity index (χ2v) is 4.47. The third kappa shape index (κ3) is 3.13. The van der Waals surface area contributed by atoms with Crippen molar-refractivity contribution in [3.8, 4) is 5.75 Å². The van der Waals surface area contributed by atoms with Crippen molar-refractivity contribution in [2.75, 3.05) is 6.61 Å². The van der Waals surface area contributed by atoms with Crippen molar-refractivity contribution in [1.29, 1.82) is 0 Å². The molecule has 1 heterocycles. The lowest BCUT2D eigenvalue weighted by molar-refractivity contribution is 0.0264. The molecule has 2 atom stereocenters. The summed E-state index contributed by atoms with van der Waals surface area (Å²) >= 11 is 0. The minimum atomic E-state index is 0.0752. The third-order valence-electron chi connectivity index (χ3n) is 2.99. The van der Waals surface area contributed by atoms with Gasteiger partial charge in [0, 0.05) is 5.56 Å². The minimum absolute atomic E-state index is 0.0752. The molecule has 1 fully saturated rings. The summed E-state index contributed by atoms with van der Waals surface area (Å²) < 4.78 is 11.3. The molecule has 98 valence electrons. The number of oxime groups is 1. The molecule has 1 aliphatic heterocycles. The Morgan fingerprint density at radius 3 is 3.06 bits per heavy atom. The molecule has 1 aromatic rings. The molecule has 1 saturated heterocycles. The van der Waals surface area contributed by atoms with Gasteiger partial charge in [-0.3, -0.25) is 0 Å². The first-order valence-electron chi connectivity index (χ1n) is 6.05. The summed E-state index contributed by atoms with van der Waals surface area (Å²) in [5.41, 5.74) is 6.15. The number of nitrogens with zero attached hydrogens (tertiary/aromatic N) is 1. The van der Waals surface area contributed by atoms with Crippen molar-refractivity contribution in [1.82, 2.24) is 0 Å². The van der Waals surface area contributed by atoms with Gasteiger partial charge in [0.2, 0.25) is 0 Å². The van der Waals surface area contributed by atoms with Crippen LogP contribution in [-0.4, -0.2) is 29.9 Å². The number of nitrogens with two attached hydrogens (primary N) is 1. The molecular formula is C13H18N2O3. The highest BCUT2D eigenvalue weighted by molar-refractivity contribution is 5.97. The van der Waals surface area contributed by atoms with Gasteiger partial charge in [-0.05, 0) is 31.9 Å². The van der Waals surface area contributed by atoms with Gasteiger partial charge in [-0.1, -0.05) is 17.3 Å². The number of hydrogen-bond donors (Lipinski definition) is 2. The van der Waals surface area contributed by atoms with Crippen LogP contribution in [-0.2, 0) is 4.74 Å². The molecule has 0 amide bonds. The SMILES string of the molecule is CC1CCC(COc2cccc(/C(N)=N/O)c2)O1. The molecule has 0 bridgehead atoms. The Hall–Kier alpha value is -1.75. The first-order valence-corrected chi connectivity index (χ1v) is 6.05. The number of ether oxygens (including phenoxy) is 2. The van der Waals surface area contributed by atoms with E-state index in [0.717, 1.165) is 12.8 Å². The monoisotopic (exact) mass is 250 g/mol. The maximum absolute atomic E-state index is 8.61. The van der Waals surface area contributed by atoms with Crippen LogP contribution in [0.2, 0.25) is 0 Å². The van der Waals surface area contributed by atoms with Crippen molar-refractivity contribution in [3.05, 3.63) is 29.8 Å². The molecule has 0 saturated carbocycles. The zero-order chi connectivity index (χ0) is 13.0. The highest BCUT2D eigenvalue weighted by Gasteiger charge is 2.22. The molecule has 0 spiro atoms. The van der Waals surface area contributed by atoms with Gasteiger partial charge in [-0.2, -0.15) is 0 Å². The predicted molar refractivity (Wildman–Crippen MR) is 68.0 cm³/mol. The summed E-state index contributed by atoms with van der Waals surface area (Å²) in [4.78, 5) is 0. The largest absolute Gasteiger partial charge is 0.491 e. The number of rotatable bonds is 4. The topological polar surface area (TPSA) is 77.1 Å². The lowest BCUT2D eigenvalue weighted by Gasteiger charge is -2.13. The lowest BCUT2D eigenvalue weighted by Crippen LogP contribution is -2.18. The molecule has 5 nitrogen and oxygen atoms in total. The van der Waals surface area contributed by atoms with E-state index in [2.05, 4.69) is 12.1 Å². The fraction of sp³-hybridized carbons (Fsp3) is 0.462. The van der Waals surface area contributed by atoms with E-state index in [9.17, 15) is 0 Å². The van der Waals surface area contributed by atoms with Gasteiger partial charge in [0.05, 0.1) is 12.2 Å². The van der Waals surface area contributed by atoms with E-state index in [1.807, 2.05) is 6.07 Å². The van der Waals surface area contributed by atoms with Gasteiger partial charge < -0.3 is 20.4 Å². The van der Waals surface area contributed by atoms with E-state index < -0.39 is 0 Å². The van der Waals surface area contributed by atoms with E-state index in [-0.39, 0.29) is 11.9 Å². The van der Waals surface area contributed by atoms with Crippen LogP contribution in [0.1, 0.15) is 25.3 Å². The van der Waals surface area contributed by atoms with Gasteiger partial charge in [-0.25, -0.2) is 0 Å². The highest BCUT2D eigenvalue weighted by Crippen LogP contribution is 2.21. The first kappa shape index (κ1) is 12.7. The molecule has 0 aromatic heterocycles. The molecule has 2 rings (SSSR count). The summed E-state index contributed by atoms with van der Waals surface area (Å²) in [5, 5.41) is 11.6. The molecule has 1 aliphatic rings. The summed E-state index contributed by atoms with van der Waals surface area (Å²) in [6.07, 6.45) is 2.59. The van der Waals surface area contributed by atoms with Crippen molar-refractivity contribution in [3.63, 3.8) is 0 Å². The molecule has 1 aromatic carbocycles. The van der Waals surface area contributed by atoms with E-state index in [1.165, 1.54) is 0 Å². The average Bonchev–Trinajstić information content (AvgIpc) is 2.81. The van der Waals surface area contributed by atoms with Crippen molar-refractivity contribution in [2.45, 2.75) is 32.0 Å². The second kappa shape index (κ2) is 5.73. The quantitative estimate of drug-likeness (QED) is 0.369. The summed E-state index contributed by atoms with van der Waals surface area (Å²) in [7, 11) is 0. The van der Waals surface area contributed by atoms with Gasteiger partial charge in [0.1, 0.15) is 12.4 Å². The Morgan fingerprint density at radius 2 is 2.39 bits per heavy atom. The van der Waals surface area contributed by atoms with Gasteiger partial charge in [0.15, 0.2) is 5.84 Å². The van der Waals surface area contributed by atoms with Gasteiger partial charge in [0.25, 0.3) is 0 Å². The maximum atomic E-state index is 8.61. The van der Waals surface area contributed by atoms with Crippen LogP contribution in [0.4, 0.5) is 0 Å². The van der Waals surface area contributed by atoms with Crippen molar-refractivity contribution < 1.29 is 14.7 Å². The van der Waals surface area contributed by atoms with E-state index >= 15 is 0 Å². The van der Waals surface area contributed by atoms with E-state index in [0.29, 0.717) is 24.0 Å². The maximum Gasteiger partial charge on any atom is 0.170 e. The van der Waals surface area contributed by atoms with Crippen LogP contribution in [0.3, 0.4) is 0 Å². The number of benzene rings is 1. The van der Waals surface area contributed by atoms with Gasteiger partial charge >= 0.3 is 0 Å². The Bertz CT molecular complexity index is 434. The Labute approximate surface area is 106 Å². The average molecular weight is 250 g/mol. The van der Waals surface area contributed by atoms with Crippen LogP contribution in [0.25, 0.3) is 0 Å². The lowest BCUT2D eigenvalue weighted by atomic mass is 10.2. The van der Waals surface area contributed by atoms with Crippen LogP contribution < -0.4 is 10.5 Å². The molecule has 0 radical (unpaired) electrons. The molecule has 3 N–H and O–H groups in total. The summed E-state index contributed by atoms with van der Waals surface area (Å²) in [6, 6.07) is 7.15. The Morgan fingerprint density at radius 1 is 1.56 bits per heavy atom. The van der Waals surface area contributed by atoms with Crippen LogP contribution in [0.15, 0.2) is 29.4 Å². The zero-order valence-electron chi connectivity index (χ0n) is 10.4. The number of amidine groups is 1. The third-order valence-corrected chi connectivity index (χ3v) is 2.99. The Balaban J connectivity index is 1.93. The van der Waals surface area contributed by atoms with Crippen LogP contribution >= 0.6 is 0 Å².